The molecule has 2 bridgehead atoms. The monoisotopic (exact) mass is 433 g/mol. The number of nitrogens with one attached hydrogen (secondary N) is 1. The van der Waals surface area contributed by atoms with Gasteiger partial charge in [-0.3, -0.25) is 14.5 Å². The molecule has 2 N–H and O–H groups in total. The van der Waals surface area contributed by atoms with Gasteiger partial charge in [-0.1, -0.05) is 42.5 Å². The highest BCUT2D eigenvalue weighted by atomic mass is 16.3. The fraction of sp³-hybridized carbons (Fsp3) is 0.462. The molecule has 2 aromatic rings. The van der Waals surface area contributed by atoms with E-state index in [0.29, 0.717) is 31.1 Å². The lowest BCUT2D eigenvalue weighted by Gasteiger charge is -2.38. The van der Waals surface area contributed by atoms with E-state index in [1.165, 1.54) is 18.4 Å². The van der Waals surface area contributed by atoms with Gasteiger partial charge in [0.2, 0.25) is 5.91 Å². The standard InChI is InChI=1S/C26H31N3O3/c1-2-6-19-11-12-21-24-23(25(31)27-13-17-9-10-17)20(16-30)22(15-29(21)26(19)32)28(24)14-18-7-4-3-5-8-18/h2-8,11-12,17,20,22-24,30H,9-10,13-16H2,1H3,(H,27,31)/b6-2-/t20-,22-,23+,24+/m1/s1. The molecule has 3 aliphatic rings. The molecule has 1 aromatic heterocycles. The Bertz CT molecular complexity index is 1070. The largest absolute Gasteiger partial charge is 0.396 e. The zero-order valence-electron chi connectivity index (χ0n) is 18.5. The molecule has 2 fully saturated rings. The van der Waals surface area contributed by atoms with Crippen LogP contribution >= 0.6 is 0 Å². The van der Waals surface area contributed by atoms with Gasteiger partial charge in [0.1, 0.15) is 0 Å². The summed E-state index contributed by atoms with van der Waals surface area (Å²) in [6.45, 7) is 3.70. The molecule has 0 radical (unpaired) electrons. The predicted octanol–water partition coefficient (Wildman–Crippen LogP) is 2.57. The third-order valence-electron chi connectivity index (χ3n) is 7.32. The summed E-state index contributed by atoms with van der Waals surface area (Å²) in [5, 5.41) is 13.5. The maximum Gasteiger partial charge on any atom is 0.258 e. The van der Waals surface area contributed by atoms with Gasteiger partial charge in [-0.05, 0) is 43.4 Å². The van der Waals surface area contributed by atoms with Crippen LogP contribution in [0.25, 0.3) is 6.08 Å². The lowest BCUT2D eigenvalue weighted by molar-refractivity contribution is -0.127. The minimum absolute atomic E-state index is 0.0000544. The van der Waals surface area contributed by atoms with Gasteiger partial charge in [0, 0.05) is 49.5 Å². The number of allylic oxidation sites excluding steroid dienone is 1. The summed E-state index contributed by atoms with van der Waals surface area (Å²) in [6.07, 6.45) is 6.05. The maximum absolute atomic E-state index is 13.4. The van der Waals surface area contributed by atoms with E-state index in [2.05, 4.69) is 22.3 Å². The fourth-order valence-electron chi connectivity index (χ4n) is 5.54. The Labute approximate surface area is 188 Å². The first-order chi connectivity index (χ1) is 15.6. The molecule has 1 aliphatic carbocycles. The third-order valence-corrected chi connectivity index (χ3v) is 7.32. The lowest BCUT2D eigenvalue weighted by atomic mass is 9.86. The summed E-state index contributed by atoms with van der Waals surface area (Å²) in [5.74, 6) is -0.00785. The van der Waals surface area contributed by atoms with Crippen molar-refractivity contribution in [1.29, 1.82) is 0 Å². The molecule has 0 unspecified atom stereocenters. The highest BCUT2D eigenvalue weighted by molar-refractivity contribution is 5.80. The van der Waals surface area contributed by atoms with Crippen molar-refractivity contribution in [1.82, 2.24) is 14.8 Å². The molecule has 0 spiro atoms. The average molecular weight is 434 g/mol. The highest BCUT2D eigenvalue weighted by Crippen LogP contribution is 2.49. The molecule has 6 nitrogen and oxygen atoms in total. The molecule has 6 heteroatoms. The first-order valence-electron chi connectivity index (χ1n) is 11.7. The van der Waals surface area contributed by atoms with E-state index >= 15 is 0 Å². The fourth-order valence-corrected chi connectivity index (χ4v) is 5.54. The van der Waals surface area contributed by atoms with Crippen LogP contribution in [-0.4, -0.2) is 39.7 Å². The van der Waals surface area contributed by atoms with Gasteiger partial charge < -0.3 is 15.0 Å². The number of rotatable bonds is 7. The van der Waals surface area contributed by atoms with Crippen molar-refractivity contribution in [2.24, 2.45) is 17.8 Å². The number of aromatic nitrogens is 1. The number of hydrogen-bond acceptors (Lipinski definition) is 4. The smallest absolute Gasteiger partial charge is 0.258 e. The van der Waals surface area contributed by atoms with E-state index in [-0.39, 0.29) is 42.0 Å². The predicted molar refractivity (Wildman–Crippen MR) is 124 cm³/mol. The Kier molecular flexibility index (Phi) is 5.74. The van der Waals surface area contributed by atoms with E-state index < -0.39 is 0 Å². The Morgan fingerprint density at radius 2 is 1.97 bits per heavy atom. The minimum Gasteiger partial charge on any atom is -0.396 e. The van der Waals surface area contributed by atoms with Gasteiger partial charge in [0.15, 0.2) is 0 Å². The van der Waals surface area contributed by atoms with Crippen LogP contribution in [0.15, 0.2) is 53.3 Å². The Morgan fingerprint density at radius 3 is 2.66 bits per heavy atom. The number of carbonyl (C=O) groups is 1. The number of amides is 1. The van der Waals surface area contributed by atoms with Crippen molar-refractivity contribution in [3.05, 3.63) is 75.7 Å². The Balaban J connectivity index is 1.56. The summed E-state index contributed by atoms with van der Waals surface area (Å²) < 4.78 is 1.84. The van der Waals surface area contributed by atoms with Gasteiger partial charge in [-0.15, -0.1) is 0 Å². The van der Waals surface area contributed by atoms with Gasteiger partial charge in [0.05, 0.1) is 12.0 Å². The number of aliphatic hydroxyl groups is 1. The molecule has 5 rings (SSSR count). The molecular weight excluding hydrogens is 402 g/mol. The van der Waals surface area contributed by atoms with Gasteiger partial charge in [-0.25, -0.2) is 0 Å². The summed E-state index contributed by atoms with van der Waals surface area (Å²) >= 11 is 0. The normalized spacial score (nSPS) is 26.9. The van der Waals surface area contributed by atoms with Crippen LogP contribution in [0.4, 0.5) is 0 Å². The van der Waals surface area contributed by atoms with E-state index in [4.69, 9.17) is 0 Å². The van der Waals surface area contributed by atoms with Gasteiger partial charge >= 0.3 is 0 Å². The van der Waals surface area contributed by atoms with E-state index in [0.717, 1.165) is 5.69 Å². The van der Waals surface area contributed by atoms with E-state index in [9.17, 15) is 14.7 Å². The second kappa shape index (κ2) is 8.68. The first kappa shape index (κ1) is 21.2. The van der Waals surface area contributed by atoms with Crippen LogP contribution in [0.2, 0.25) is 0 Å². The molecule has 4 atom stereocenters. The number of aliphatic hydroxyl groups excluding tert-OH is 1. The van der Waals surface area contributed by atoms with Crippen LogP contribution in [0, 0.1) is 17.8 Å². The molecule has 1 amide bonds. The molecule has 1 saturated heterocycles. The molecule has 1 aromatic carbocycles. The Hall–Kier alpha value is -2.70. The van der Waals surface area contributed by atoms with Gasteiger partial charge in [-0.2, -0.15) is 0 Å². The van der Waals surface area contributed by atoms with Crippen molar-refractivity contribution in [2.75, 3.05) is 13.2 Å². The summed E-state index contributed by atoms with van der Waals surface area (Å²) in [5.41, 5.74) is 2.67. The zero-order chi connectivity index (χ0) is 22.2. The number of hydrogen-bond donors (Lipinski definition) is 2. The number of benzene rings is 1. The van der Waals surface area contributed by atoms with Crippen molar-refractivity contribution in [2.45, 2.75) is 44.9 Å². The van der Waals surface area contributed by atoms with Crippen molar-refractivity contribution in [3.63, 3.8) is 0 Å². The average Bonchev–Trinajstić information content (AvgIpc) is 3.60. The summed E-state index contributed by atoms with van der Waals surface area (Å²) in [7, 11) is 0. The van der Waals surface area contributed by atoms with Crippen molar-refractivity contribution in [3.8, 4) is 0 Å². The first-order valence-corrected chi connectivity index (χ1v) is 11.7. The molecule has 2 aliphatic heterocycles. The molecule has 168 valence electrons. The zero-order valence-corrected chi connectivity index (χ0v) is 18.5. The van der Waals surface area contributed by atoms with E-state index in [1.54, 1.807) is 0 Å². The van der Waals surface area contributed by atoms with Crippen LogP contribution < -0.4 is 10.9 Å². The summed E-state index contributed by atoms with van der Waals surface area (Å²) in [4.78, 5) is 29.0. The Morgan fingerprint density at radius 1 is 1.19 bits per heavy atom. The van der Waals surface area contributed by atoms with Gasteiger partial charge in [0.25, 0.3) is 5.56 Å². The topological polar surface area (TPSA) is 74.6 Å². The minimum atomic E-state index is -0.381. The van der Waals surface area contributed by atoms with Crippen LogP contribution in [0.5, 0.6) is 0 Å². The summed E-state index contributed by atoms with van der Waals surface area (Å²) in [6, 6.07) is 13.8. The maximum atomic E-state index is 13.4. The van der Waals surface area contributed by atoms with Crippen molar-refractivity contribution >= 4 is 12.0 Å². The lowest BCUT2D eigenvalue weighted by Crippen LogP contribution is -2.46. The highest BCUT2D eigenvalue weighted by Gasteiger charge is 2.55. The molecule has 32 heavy (non-hydrogen) atoms. The van der Waals surface area contributed by atoms with Crippen LogP contribution in [-0.2, 0) is 17.9 Å². The molecule has 1 saturated carbocycles. The number of fused-ring (bicyclic) bond motifs is 4. The number of pyridine rings is 1. The van der Waals surface area contributed by atoms with Crippen LogP contribution in [0.1, 0.15) is 42.6 Å². The number of carbonyl (C=O) groups excluding carboxylic acids is 1. The molecular formula is C26H31N3O3. The molecule has 3 heterocycles. The van der Waals surface area contributed by atoms with Crippen molar-refractivity contribution < 1.29 is 9.90 Å². The SMILES string of the molecule is C/C=C\c1ccc2n(c1=O)C[C@@H]1[C@@H](CO)[C@H](C(=O)NCC3CC3)[C@H]2N1Cc1ccccc1. The quantitative estimate of drug-likeness (QED) is 0.704. The second-order valence-electron chi connectivity index (χ2n) is 9.36. The number of nitrogens with zero attached hydrogens (tertiary/aromatic N) is 2. The second-order valence-corrected chi connectivity index (χ2v) is 9.36. The van der Waals surface area contributed by atoms with Crippen LogP contribution in [0.3, 0.4) is 0 Å². The third kappa shape index (κ3) is 3.71. The van der Waals surface area contributed by atoms with E-state index in [1.807, 2.05) is 54.0 Å².